The second kappa shape index (κ2) is 8.19. The summed E-state index contributed by atoms with van der Waals surface area (Å²) in [5.41, 5.74) is -1.32. The largest absolute Gasteiger partial charge is 0.489 e. The summed E-state index contributed by atoms with van der Waals surface area (Å²) in [6, 6.07) is 2.62. The molecule has 1 aromatic carbocycles. The van der Waals surface area contributed by atoms with Crippen molar-refractivity contribution in [1.29, 1.82) is 0 Å². The van der Waals surface area contributed by atoms with E-state index in [0.29, 0.717) is 19.2 Å². The van der Waals surface area contributed by atoms with Gasteiger partial charge in [-0.2, -0.15) is 13.2 Å². The van der Waals surface area contributed by atoms with Gasteiger partial charge in [-0.15, -0.1) is 0 Å². The van der Waals surface area contributed by atoms with Crippen LogP contribution in [0.4, 0.5) is 17.6 Å². The Morgan fingerprint density at radius 3 is 2.62 bits per heavy atom. The zero-order valence-electron chi connectivity index (χ0n) is 12.0. The van der Waals surface area contributed by atoms with E-state index >= 15 is 0 Å². The van der Waals surface area contributed by atoms with Crippen molar-refractivity contribution in [3.8, 4) is 5.75 Å². The molecule has 0 radical (unpaired) electrons. The second-order valence-corrected chi connectivity index (χ2v) is 4.62. The highest BCUT2D eigenvalue weighted by molar-refractivity contribution is 5.31. The summed E-state index contributed by atoms with van der Waals surface area (Å²) in [4.78, 5) is 0. The number of methoxy groups -OCH3 is 1. The molecule has 0 spiro atoms. The number of ether oxygens (including phenoxy) is 2. The Labute approximate surface area is 121 Å². The van der Waals surface area contributed by atoms with Gasteiger partial charge in [0.1, 0.15) is 17.7 Å². The smallest absolute Gasteiger partial charge is 0.419 e. The van der Waals surface area contributed by atoms with Crippen LogP contribution in [0.15, 0.2) is 18.2 Å². The van der Waals surface area contributed by atoms with Gasteiger partial charge in [-0.25, -0.2) is 4.39 Å². The molecule has 120 valence electrons. The molecule has 3 nitrogen and oxygen atoms in total. The van der Waals surface area contributed by atoms with E-state index in [4.69, 9.17) is 9.47 Å². The number of rotatable bonds is 8. The van der Waals surface area contributed by atoms with Crippen LogP contribution in [0.2, 0.25) is 0 Å². The fraction of sp³-hybridized carbons (Fsp3) is 0.571. The Hall–Kier alpha value is -1.34. The molecule has 0 amide bonds. The molecule has 0 saturated carbocycles. The minimum Gasteiger partial charge on any atom is -0.489 e. The van der Waals surface area contributed by atoms with Crippen molar-refractivity contribution in [2.45, 2.75) is 25.6 Å². The van der Waals surface area contributed by atoms with E-state index in [1.54, 1.807) is 14.0 Å². The minimum absolute atomic E-state index is 0.00471. The molecule has 0 bridgehead atoms. The van der Waals surface area contributed by atoms with Crippen LogP contribution in [0.5, 0.6) is 5.75 Å². The van der Waals surface area contributed by atoms with Crippen molar-refractivity contribution in [3.05, 3.63) is 29.6 Å². The van der Waals surface area contributed by atoms with E-state index in [-0.39, 0.29) is 11.9 Å². The van der Waals surface area contributed by atoms with Crippen LogP contribution in [0.1, 0.15) is 18.9 Å². The summed E-state index contributed by atoms with van der Waals surface area (Å²) >= 11 is 0. The third-order valence-electron chi connectivity index (χ3n) is 2.71. The highest BCUT2D eigenvalue weighted by atomic mass is 19.4. The Balaban J connectivity index is 2.51. The molecule has 1 rings (SSSR count). The first-order valence-electron chi connectivity index (χ1n) is 6.57. The normalized spacial score (nSPS) is 13.2. The number of alkyl halides is 3. The predicted octanol–water partition coefficient (Wildman–Crippen LogP) is 3.24. The van der Waals surface area contributed by atoms with Crippen LogP contribution in [-0.2, 0) is 10.9 Å². The molecule has 0 saturated heterocycles. The quantitative estimate of drug-likeness (QED) is 0.591. The van der Waals surface area contributed by atoms with Gasteiger partial charge in [0.2, 0.25) is 0 Å². The molecule has 0 aromatic heterocycles. The molecule has 21 heavy (non-hydrogen) atoms. The van der Waals surface area contributed by atoms with E-state index < -0.39 is 17.6 Å². The van der Waals surface area contributed by atoms with Crippen molar-refractivity contribution < 1.29 is 27.0 Å². The van der Waals surface area contributed by atoms with E-state index in [9.17, 15) is 17.6 Å². The fourth-order valence-electron chi connectivity index (χ4n) is 1.72. The molecule has 0 fully saturated rings. The summed E-state index contributed by atoms with van der Waals surface area (Å²) in [6.45, 7) is 3.55. The van der Waals surface area contributed by atoms with Gasteiger partial charge in [0, 0.05) is 20.3 Å². The van der Waals surface area contributed by atoms with Gasteiger partial charge in [-0.3, -0.25) is 0 Å². The lowest BCUT2D eigenvalue weighted by Crippen LogP contribution is -2.30. The molecule has 0 aliphatic heterocycles. The van der Waals surface area contributed by atoms with Crippen LogP contribution >= 0.6 is 0 Å². The number of benzene rings is 1. The zero-order valence-corrected chi connectivity index (χ0v) is 12.0. The lowest BCUT2D eigenvalue weighted by atomic mass is 10.2. The Bertz CT molecular complexity index is 437. The first kappa shape index (κ1) is 17.7. The SMILES string of the molecule is COCCCNCC(C)Oc1ccc(F)c(C(F)(F)F)c1. The Morgan fingerprint density at radius 1 is 1.29 bits per heavy atom. The number of nitrogens with one attached hydrogen (secondary N) is 1. The highest BCUT2D eigenvalue weighted by Gasteiger charge is 2.34. The maximum absolute atomic E-state index is 13.1. The molecular formula is C14H19F4NO2. The third-order valence-corrected chi connectivity index (χ3v) is 2.71. The van der Waals surface area contributed by atoms with Gasteiger partial charge in [-0.05, 0) is 38.1 Å². The summed E-state index contributed by atoms with van der Waals surface area (Å²) in [7, 11) is 1.61. The van der Waals surface area contributed by atoms with Gasteiger partial charge in [-0.1, -0.05) is 0 Å². The van der Waals surface area contributed by atoms with Gasteiger partial charge in [0.15, 0.2) is 0 Å². The average Bonchev–Trinajstić information content (AvgIpc) is 2.39. The number of hydrogen-bond acceptors (Lipinski definition) is 3. The van der Waals surface area contributed by atoms with Crippen molar-refractivity contribution in [3.63, 3.8) is 0 Å². The molecule has 0 aliphatic carbocycles. The Kier molecular flexibility index (Phi) is 6.91. The molecule has 1 atom stereocenters. The first-order valence-corrected chi connectivity index (χ1v) is 6.57. The molecule has 0 aliphatic rings. The number of halogens is 4. The van der Waals surface area contributed by atoms with Crippen molar-refractivity contribution in [1.82, 2.24) is 5.32 Å². The molecule has 0 heterocycles. The fourth-order valence-corrected chi connectivity index (χ4v) is 1.72. The predicted molar refractivity (Wildman–Crippen MR) is 70.9 cm³/mol. The van der Waals surface area contributed by atoms with Crippen molar-refractivity contribution >= 4 is 0 Å². The minimum atomic E-state index is -4.73. The maximum atomic E-state index is 13.1. The van der Waals surface area contributed by atoms with Gasteiger partial charge < -0.3 is 14.8 Å². The van der Waals surface area contributed by atoms with E-state index in [1.165, 1.54) is 6.07 Å². The van der Waals surface area contributed by atoms with Gasteiger partial charge >= 0.3 is 6.18 Å². The van der Waals surface area contributed by atoms with Gasteiger partial charge in [0.05, 0.1) is 5.56 Å². The topological polar surface area (TPSA) is 30.5 Å². The van der Waals surface area contributed by atoms with Crippen molar-refractivity contribution in [2.75, 3.05) is 26.8 Å². The molecule has 1 aromatic rings. The standard InChI is InChI=1S/C14H19F4NO2/c1-10(9-19-6-3-7-20-2)21-11-4-5-13(15)12(8-11)14(16,17)18/h4-5,8,10,19H,3,6-7,9H2,1-2H3. The molecule has 1 unspecified atom stereocenters. The first-order chi connectivity index (χ1) is 9.84. The lowest BCUT2D eigenvalue weighted by Gasteiger charge is -2.17. The summed E-state index contributed by atoms with van der Waals surface area (Å²) < 4.78 is 61.1. The lowest BCUT2D eigenvalue weighted by molar-refractivity contribution is -0.140. The van der Waals surface area contributed by atoms with E-state index in [2.05, 4.69) is 5.32 Å². The molecule has 1 N–H and O–H groups in total. The van der Waals surface area contributed by atoms with Crippen LogP contribution in [0.3, 0.4) is 0 Å². The van der Waals surface area contributed by atoms with Crippen LogP contribution in [0, 0.1) is 5.82 Å². The van der Waals surface area contributed by atoms with E-state index in [0.717, 1.165) is 19.0 Å². The second-order valence-electron chi connectivity index (χ2n) is 4.62. The van der Waals surface area contributed by atoms with Gasteiger partial charge in [0.25, 0.3) is 0 Å². The highest BCUT2D eigenvalue weighted by Crippen LogP contribution is 2.33. The summed E-state index contributed by atoms with van der Waals surface area (Å²) in [5, 5.41) is 3.10. The number of hydrogen-bond donors (Lipinski definition) is 1. The molecule has 7 heteroatoms. The van der Waals surface area contributed by atoms with E-state index in [1.807, 2.05) is 0 Å². The van der Waals surface area contributed by atoms with Crippen LogP contribution in [-0.4, -0.2) is 32.9 Å². The summed E-state index contributed by atoms with van der Waals surface area (Å²) in [5.74, 6) is -1.31. The average molecular weight is 309 g/mol. The maximum Gasteiger partial charge on any atom is 0.419 e. The van der Waals surface area contributed by atoms with Crippen molar-refractivity contribution in [2.24, 2.45) is 0 Å². The zero-order chi connectivity index (χ0) is 15.9. The third kappa shape index (κ3) is 6.31. The van der Waals surface area contributed by atoms with Crippen LogP contribution in [0.25, 0.3) is 0 Å². The summed E-state index contributed by atoms with van der Waals surface area (Å²) in [6.07, 6.45) is -4.23. The van der Waals surface area contributed by atoms with Crippen LogP contribution < -0.4 is 10.1 Å². The monoisotopic (exact) mass is 309 g/mol. The Morgan fingerprint density at radius 2 is 2.00 bits per heavy atom. The molecular weight excluding hydrogens is 290 g/mol.